The molecule has 0 atom stereocenters. The van der Waals surface area contributed by atoms with Gasteiger partial charge in [-0.1, -0.05) is 35.9 Å². The summed E-state index contributed by atoms with van der Waals surface area (Å²) in [5, 5.41) is 11.9. The Morgan fingerprint density at radius 1 is 0.958 bits per heavy atom. The number of rotatable bonds is 1. The van der Waals surface area contributed by atoms with Gasteiger partial charge in [0.15, 0.2) is 0 Å². The van der Waals surface area contributed by atoms with Crippen LogP contribution in [0.3, 0.4) is 0 Å². The number of thiophene rings is 1. The second-order valence-electron chi connectivity index (χ2n) is 6.16. The Kier molecular flexibility index (Phi) is 3.06. The second-order valence-corrected chi connectivity index (χ2v) is 7.68. The minimum absolute atomic E-state index is 0.0710. The molecule has 2 N–H and O–H groups in total. The zero-order chi connectivity index (χ0) is 16.3. The van der Waals surface area contributed by atoms with Crippen LogP contribution in [0.2, 0.25) is 5.02 Å². The average Bonchev–Trinajstić information content (AvgIpc) is 2.92. The molecule has 2 heterocycles. The molecule has 4 aromatic rings. The van der Waals surface area contributed by atoms with E-state index in [1.807, 2.05) is 17.4 Å². The van der Waals surface area contributed by atoms with Crippen LogP contribution in [0.15, 0.2) is 54.6 Å². The number of aryl methyl sites for hydroxylation is 1. The van der Waals surface area contributed by atoms with Crippen LogP contribution in [-0.4, -0.2) is 6.98 Å². The molecule has 116 valence electrons. The first-order chi connectivity index (χ1) is 11.7. The summed E-state index contributed by atoms with van der Waals surface area (Å²) >= 11 is 8.00. The van der Waals surface area contributed by atoms with Gasteiger partial charge in [0.05, 0.1) is 0 Å². The fourth-order valence-electron chi connectivity index (χ4n) is 3.55. The predicted octanol–water partition coefficient (Wildman–Crippen LogP) is 5.25. The van der Waals surface area contributed by atoms with Gasteiger partial charge in [-0.2, -0.15) is 0 Å². The molecule has 0 spiro atoms. The van der Waals surface area contributed by atoms with Crippen molar-refractivity contribution in [3.63, 3.8) is 0 Å². The summed E-state index contributed by atoms with van der Waals surface area (Å²) in [4.78, 5) is 0. The smallest absolute Gasteiger partial charge is 0.404 e. The fourth-order valence-corrected chi connectivity index (χ4v) is 4.91. The molecule has 2 nitrogen and oxygen atoms in total. The number of hydrogen-bond acceptors (Lipinski definition) is 3. The van der Waals surface area contributed by atoms with Gasteiger partial charge < -0.3 is 10.5 Å². The van der Waals surface area contributed by atoms with Gasteiger partial charge in [-0.05, 0) is 53.6 Å². The van der Waals surface area contributed by atoms with E-state index in [0.717, 1.165) is 5.02 Å². The highest BCUT2D eigenvalue weighted by molar-refractivity contribution is 7.30. The summed E-state index contributed by atoms with van der Waals surface area (Å²) in [7, 11) is 0. The van der Waals surface area contributed by atoms with Gasteiger partial charge in [-0.15, -0.1) is 11.3 Å². The van der Waals surface area contributed by atoms with Crippen molar-refractivity contribution < 1.29 is 0 Å². The molecule has 5 rings (SSSR count). The summed E-state index contributed by atoms with van der Waals surface area (Å²) in [5.41, 5.74) is 3.65. The molecule has 0 unspecified atom stereocenters. The van der Waals surface area contributed by atoms with Crippen molar-refractivity contribution in [2.75, 3.05) is 10.5 Å². The second kappa shape index (κ2) is 5.17. The molecule has 1 aromatic heterocycles. The monoisotopic (exact) mass is 348 g/mol. The standard InChI is InChI=1S/C19H14BClN2S/c1-11-14-10-13(21)8-9-17(14)24-19(11)20-22-15-6-2-4-12-5-3-7-16(23-20)18(12)15/h2-10,22-23H,1H3. The number of benzene rings is 3. The summed E-state index contributed by atoms with van der Waals surface area (Å²) in [6.45, 7) is 2.25. The third-order valence-electron chi connectivity index (χ3n) is 4.70. The van der Waals surface area contributed by atoms with E-state index in [1.165, 1.54) is 42.6 Å². The third kappa shape index (κ3) is 2.03. The Labute approximate surface area is 149 Å². The van der Waals surface area contributed by atoms with Crippen LogP contribution in [0.1, 0.15) is 5.56 Å². The molecule has 0 amide bonds. The molecule has 0 fully saturated rings. The number of fused-ring (bicyclic) bond motifs is 1. The number of anilines is 2. The zero-order valence-electron chi connectivity index (χ0n) is 13.1. The number of nitrogens with one attached hydrogen (secondary N) is 2. The normalized spacial score (nSPS) is 13.2. The van der Waals surface area contributed by atoms with Crippen molar-refractivity contribution in [2.45, 2.75) is 6.92 Å². The van der Waals surface area contributed by atoms with Gasteiger partial charge in [0.2, 0.25) is 0 Å². The van der Waals surface area contributed by atoms with Crippen LogP contribution < -0.4 is 15.2 Å². The molecule has 0 saturated heterocycles. The Morgan fingerprint density at radius 2 is 1.67 bits per heavy atom. The maximum atomic E-state index is 6.18. The van der Waals surface area contributed by atoms with Crippen LogP contribution in [0.25, 0.3) is 20.9 Å². The summed E-state index contributed by atoms with van der Waals surface area (Å²) in [6, 6.07) is 18.9. The van der Waals surface area contributed by atoms with Crippen molar-refractivity contribution in [3.8, 4) is 0 Å². The maximum absolute atomic E-state index is 6.18. The average molecular weight is 349 g/mol. The lowest BCUT2D eigenvalue weighted by Crippen LogP contribution is -2.47. The molecule has 5 heteroatoms. The molecule has 0 saturated carbocycles. The van der Waals surface area contributed by atoms with Crippen LogP contribution >= 0.6 is 22.9 Å². The Bertz CT molecular complexity index is 1060. The summed E-state index contributed by atoms with van der Waals surface area (Å²) in [5.74, 6) is 0. The van der Waals surface area contributed by atoms with Crippen molar-refractivity contribution >= 4 is 66.9 Å². The predicted molar refractivity (Wildman–Crippen MR) is 108 cm³/mol. The maximum Gasteiger partial charge on any atom is 0.416 e. The van der Waals surface area contributed by atoms with Gasteiger partial charge in [0.25, 0.3) is 0 Å². The van der Waals surface area contributed by atoms with Crippen LogP contribution in [0.4, 0.5) is 11.4 Å². The van der Waals surface area contributed by atoms with Crippen molar-refractivity contribution in [1.29, 1.82) is 0 Å². The highest BCUT2D eigenvalue weighted by Crippen LogP contribution is 2.35. The molecule has 0 bridgehead atoms. The lowest BCUT2D eigenvalue weighted by Gasteiger charge is -2.26. The topological polar surface area (TPSA) is 24.1 Å². The van der Waals surface area contributed by atoms with Crippen LogP contribution in [0, 0.1) is 6.92 Å². The Morgan fingerprint density at radius 3 is 2.38 bits per heavy atom. The third-order valence-corrected chi connectivity index (χ3v) is 6.27. The van der Waals surface area contributed by atoms with E-state index in [1.54, 1.807) is 0 Å². The number of hydrogen-bond donors (Lipinski definition) is 2. The van der Waals surface area contributed by atoms with Crippen molar-refractivity contribution in [1.82, 2.24) is 0 Å². The van der Waals surface area contributed by atoms with E-state index < -0.39 is 0 Å². The van der Waals surface area contributed by atoms with E-state index >= 15 is 0 Å². The molecule has 0 aliphatic carbocycles. The lowest BCUT2D eigenvalue weighted by molar-refractivity contribution is 1.58. The molecular weight excluding hydrogens is 335 g/mol. The molecule has 0 radical (unpaired) electrons. The molecule has 1 aliphatic rings. The van der Waals surface area contributed by atoms with E-state index in [4.69, 9.17) is 11.6 Å². The first kappa shape index (κ1) is 14.2. The molecule has 3 aromatic carbocycles. The summed E-state index contributed by atoms with van der Waals surface area (Å²) in [6.07, 6.45) is 0. The minimum Gasteiger partial charge on any atom is -0.404 e. The molecule has 1 aliphatic heterocycles. The quantitative estimate of drug-likeness (QED) is 0.459. The van der Waals surface area contributed by atoms with Gasteiger partial charge in [0, 0.05) is 31.3 Å². The van der Waals surface area contributed by atoms with Crippen LogP contribution in [0.5, 0.6) is 0 Å². The van der Waals surface area contributed by atoms with Gasteiger partial charge in [-0.3, -0.25) is 0 Å². The number of halogens is 1. The van der Waals surface area contributed by atoms with Crippen LogP contribution in [-0.2, 0) is 0 Å². The zero-order valence-corrected chi connectivity index (χ0v) is 14.6. The highest BCUT2D eigenvalue weighted by Gasteiger charge is 2.29. The SMILES string of the molecule is Cc1c(B2Nc3cccc4cccc(c34)N2)sc2ccc(Cl)cc12. The van der Waals surface area contributed by atoms with Crippen molar-refractivity contribution in [3.05, 3.63) is 65.2 Å². The summed E-state index contributed by atoms with van der Waals surface area (Å²) < 4.78 is 2.58. The first-order valence-electron chi connectivity index (χ1n) is 7.94. The van der Waals surface area contributed by atoms with Gasteiger partial charge in [-0.25, -0.2) is 0 Å². The lowest BCUT2D eigenvalue weighted by atomic mass is 9.70. The molecule has 24 heavy (non-hydrogen) atoms. The minimum atomic E-state index is 0.0710. The Balaban J connectivity index is 1.66. The van der Waals surface area contributed by atoms with E-state index in [0.29, 0.717) is 0 Å². The van der Waals surface area contributed by atoms with Gasteiger partial charge >= 0.3 is 6.98 Å². The molecular formula is C19H14BClN2S. The van der Waals surface area contributed by atoms with Crippen molar-refractivity contribution in [2.24, 2.45) is 0 Å². The van der Waals surface area contributed by atoms with E-state index in [-0.39, 0.29) is 6.98 Å². The highest BCUT2D eigenvalue weighted by atomic mass is 35.5. The first-order valence-corrected chi connectivity index (χ1v) is 9.13. The van der Waals surface area contributed by atoms with E-state index in [9.17, 15) is 0 Å². The fraction of sp³-hybridized carbons (Fsp3) is 0.0526. The van der Waals surface area contributed by atoms with Gasteiger partial charge in [0.1, 0.15) is 0 Å². The Hall–Kier alpha value is -2.17. The van der Waals surface area contributed by atoms with E-state index in [2.05, 4.69) is 65.9 Å². The largest absolute Gasteiger partial charge is 0.416 e.